The monoisotopic (exact) mass is 899 g/mol. The summed E-state index contributed by atoms with van der Waals surface area (Å²) in [5.74, 6) is -2.86. The maximum atomic E-state index is 12.9. The zero-order chi connectivity index (χ0) is 46.2. The number of carboxylic acid groups (broad SMARTS) is 2. The van der Waals surface area contributed by atoms with Gasteiger partial charge >= 0.3 is 11.9 Å². The molecule has 0 radical (unpaired) electrons. The van der Waals surface area contributed by atoms with Gasteiger partial charge in [0, 0.05) is 44.8 Å². The number of carbonyl (C=O) groups excluding carboxylic acids is 5. The van der Waals surface area contributed by atoms with Gasteiger partial charge in [-0.15, -0.1) is 0 Å². The van der Waals surface area contributed by atoms with Crippen LogP contribution >= 0.6 is 0 Å². The molecule has 1 aliphatic carbocycles. The molecule has 0 unspecified atom stereocenters. The van der Waals surface area contributed by atoms with Gasteiger partial charge in [0.2, 0.25) is 23.6 Å². The van der Waals surface area contributed by atoms with E-state index in [0.717, 1.165) is 51.4 Å². The fraction of sp³-hybridized carbons (Fsp3) is 0.848. The molecule has 0 heterocycles. The van der Waals surface area contributed by atoms with Gasteiger partial charge in [0.05, 0.1) is 39.6 Å². The summed E-state index contributed by atoms with van der Waals surface area (Å²) < 4.78 is 21.0. The van der Waals surface area contributed by atoms with Crippen LogP contribution < -0.4 is 21.3 Å². The minimum absolute atomic E-state index is 0.0456. The van der Waals surface area contributed by atoms with Crippen molar-refractivity contribution in [2.45, 2.75) is 167 Å². The van der Waals surface area contributed by atoms with Gasteiger partial charge in [-0.3, -0.25) is 28.8 Å². The van der Waals surface area contributed by atoms with Gasteiger partial charge in [0.1, 0.15) is 19.3 Å². The molecule has 0 aliphatic heterocycles. The third-order valence-electron chi connectivity index (χ3n) is 11.0. The number of ether oxygens (including phenoxy) is 4. The van der Waals surface area contributed by atoms with E-state index in [1.54, 1.807) is 0 Å². The first-order valence-corrected chi connectivity index (χ1v) is 23.8. The quantitative estimate of drug-likeness (QED) is 0.0429. The van der Waals surface area contributed by atoms with Crippen molar-refractivity contribution >= 4 is 41.4 Å². The van der Waals surface area contributed by atoms with E-state index in [-0.39, 0.29) is 93.7 Å². The number of hydrogen-bond donors (Lipinski definition) is 6. The summed E-state index contributed by atoms with van der Waals surface area (Å²) >= 11 is 0. The molecular formula is C46H82N4O13. The first-order chi connectivity index (χ1) is 30.5. The lowest BCUT2D eigenvalue weighted by atomic mass is 9.81. The lowest BCUT2D eigenvalue weighted by Crippen LogP contribution is -2.45. The molecule has 0 aromatic rings. The summed E-state index contributed by atoms with van der Waals surface area (Å²) in [5, 5.41) is 29.3. The minimum atomic E-state index is -1.19. The molecule has 1 aliphatic rings. The van der Waals surface area contributed by atoms with E-state index in [1.165, 1.54) is 71.1 Å². The highest BCUT2D eigenvalue weighted by Gasteiger charge is 2.29. The van der Waals surface area contributed by atoms with Gasteiger partial charge in [-0.05, 0) is 57.8 Å². The Morgan fingerprint density at radius 3 is 1.44 bits per heavy atom. The summed E-state index contributed by atoms with van der Waals surface area (Å²) in [7, 11) is 0. The number of amides is 4. The van der Waals surface area contributed by atoms with E-state index in [4.69, 9.17) is 24.1 Å². The molecule has 0 saturated heterocycles. The zero-order valence-corrected chi connectivity index (χ0v) is 38.4. The van der Waals surface area contributed by atoms with Crippen LogP contribution in [0.15, 0.2) is 0 Å². The predicted molar refractivity (Wildman–Crippen MR) is 238 cm³/mol. The Labute approximate surface area is 376 Å². The van der Waals surface area contributed by atoms with Crippen molar-refractivity contribution in [2.24, 2.45) is 11.8 Å². The fourth-order valence-electron chi connectivity index (χ4n) is 7.32. The number of carboxylic acids is 2. The van der Waals surface area contributed by atoms with Crippen LogP contribution in [-0.2, 0) is 52.5 Å². The molecule has 1 fully saturated rings. The van der Waals surface area contributed by atoms with Gasteiger partial charge in [-0.2, -0.15) is 0 Å². The summed E-state index contributed by atoms with van der Waals surface area (Å²) in [4.78, 5) is 82.6. The molecule has 6 N–H and O–H groups in total. The number of carbonyl (C=O) groups is 7. The smallest absolute Gasteiger partial charge is 0.326 e. The highest BCUT2D eigenvalue weighted by molar-refractivity contribution is 5.85. The van der Waals surface area contributed by atoms with E-state index in [0.29, 0.717) is 58.6 Å². The zero-order valence-electron chi connectivity index (χ0n) is 38.4. The molecule has 0 aromatic carbocycles. The van der Waals surface area contributed by atoms with E-state index in [2.05, 4.69) is 21.3 Å². The Kier molecular flexibility index (Phi) is 36.3. The third kappa shape index (κ3) is 36.4. The van der Waals surface area contributed by atoms with Gasteiger partial charge in [0.15, 0.2) is 5.78 Å². The van der Waals surface area contributed by atoms with E-state index >= 15 is 0 Å². The largest absolute Gasteiger partial charge is 0.481 e. The molecule has 364 valence electrons. The van der Waals surface area contributed by atoms with Crippen LogP contribution in [0.25, 0.3) is 0 Å². The summed E-state index contributed by atoms with van der Waals surface area (Å²) in [5.41, 5.74) is 0. The van der Waals surface area contributed by atoms with Gasteiger partial charge < -0.3 is 50.4 Å². The van der Waals surface area contributed by atoms with Crippen LogP contribution in [0.5, 0.6) is 0 Å². The van der Waals surface area contributed by atoms with Crippen molar-refractivity contribution in [2.75, 3.05) is 72.5 Å². The SMILES string of the molecule is CC(=O)COCCOCCNC(=O)COCCOCCNC(=O)CC[C@H](NC(=O)[C@H]1CC[C@H](CNC(=O)CCCCCCCCCCCCCCCCCCC(=O)O)CC1)C(=O)O. The molecule has 0 spiro atoms. The van der Waals surface area contributed by atoms with Crippen LogP contribution in [0, 0.1) is 11.8 Å². The molecule has 1 atom stereocenters. The highest BCUT2D eigenvalue weighted by Crippen LogP contribution is 2.29. The number of rotatable bonds is 43. The van der Waals surface area contributed by atoms with Crippen LogP contribution in [-0.4, -0.2) is 130 Å². The fourth-order valence-corrected chi connectivity index (χ4v) is 7.32. The van der Waals surface area contributed by atoms with Crippen LogP contribution in [0.1, 0.15) is 161 Å². The molecular weight excluding hydrogens is 817 g/mol. The maximum absolute atomic E-state index is 12.9. The van der Waals surface area contributed by atoms with Crippen molar-refractivity contribution in [1.82, 2.24) is 21.3 Å². The molecule has 17 heteroatoms. The molecule has 17 nitrogen and oxygen atoms in total. The number of hydrogen-bond acceptors (Lipinski definition) is 11. The van der Waals surface area contributed by atoms with Crippen LogP contribution in [0.3, 0.4) is 0 Å². The Balaban J connectivity index is 2.00. The van der Waals surface area contributed by atoms with Gasteiger partial charge in [-0.25, -0.2) is 4.79 Å². The standard InChI is InChI=1S/C46H82N4O13/c1-37(51)35-62-32-30-61-29-27-48-43(54)36-63-33-31-60-28-26-47-42(53)25-24-40(46(58)59)50-45(57)39-22-20-38(21-23-39)34-49-41(52)18-16-14-12-10-8-6-4-2-3-5-7-9-11-13-15-17-19-44(55)56/h38-40H,2-36H2,1H3,(H,47,53)(H,48,54)(H,49,52)(H,50,57)(H,55,56)(H,58,59)/t38-,39-,40-/m0/s1. The van der Waals surface area contributed by atoms with E-state index in [9.17, 15) is 38.7 Å². The molecule has 0 bridgehead atoms. The topological polar surface area (TPSA) is 245 Å². The van der Waals surface area contributed by atoms with E-state index < -0.39 is 18.0 Å². The lowest BCUT2D eigenvalue weighted by Gasteiger charge is -2.28. The second-order valence-corrected chi connectivity index (χ2v) is 16.7. The van der Waals surface area contributed by atoms with Gasteiger partial charge in [-0.1, -0.05) is 89.9 Å². The van der Waals surface area contributed by atoms with Crippen LogP contribution in [0.4, 0.5) is 0 Å². The number of nitrogens with one attached hydrogen (secondary N) is 4. The summed E-state index contributed by atoms with van der Waals surface area (Å²) in [6.07, 6.45) is 22.3. The maximum Gasteiger partial charge on any atom is 0.326 e. The molecule has 0 aromatic heterocycles. The number of unbranched alkanes of at least 4 members (excludes halogenated alkanes) is 15. The Morgan fingerprint density at radius 1 is 0.508 bits per heavy atom. The normalized spacial score (nSPS) is 15.3. The predicted octanol–water partition coefficient (Wildman–Crippen LogP) is 5.25. The molecule has 63 heavy (non-hydrogen) atoms. The second kappa shape index (κ2) is 39.9. The van der Waals surface area contributed by atoms with Crippen molar-refractivity contribution in [1.29, 1.82) is 0 Å². The van der Waals surface area contributed by atoms with E-state index in [1.807, 2.05) is 0 Å². The summed E-state index contributed by atoms with van der Waals surface area (Å²) in [6, 6.07) is -1.18. The highest BCUT2D eigenvalue weighted by atomic mass is 16.5. The number of Topliss-reactive ketones (excluding diaryl/α,β-unsaturated/α-hetero) is 1. The minimum Gasteiger partial charge on any atom is -0.481 e. The first-order valence-electron chi connectivity index (χ1n) is 23.8. The van der Waals surface area contributed by atoms with Crippen LogP contribution in [0.2, 0.25) is 0 Å². The van der Waals surface area contributed by atoms with Gasteiger partial charge in [0.25, 0.3) is 0 Å². The van der Waals surface area contributed by atoms with Crippen molar-refractivity contribution < 1.29 is 62.7 Å². The first kappa shape index (κ1) is 57.3. The number of aliphatic carboxylic acids is 2. The second-order valence-electron chi connectivity index (χ2n) is 16.7. The molecule has 1 saturated carbocycles. The third-order valence-corrected chi connectivity index (χ3v) is 11.0. The Morgan fingerprint density at radius 2 is 0.952 bits per heavy atom. The van der Waals surface area contributed by atoms with Crippen molar-refractivity contribution in [3.8, 4) is 0 Å². The molecule has 4 amide bonds. The lowest BCUT2D eigenvalue weighted by molar-refractivity contribution is -0.143. The number of ketones is 1. The Hall–Kier alpha value is -3.67. The Bertz CT molecular complexity index is 1260. The average Bonchev–Trinajstić information content (AvgIpc) is 3.25. The summed E-state index contributed by atoms with van der Waals surface area (Å²) in [6.45, 7) is 3.96. The molecule has 1 rings (SSSR count). The average molecular weight is 899 g/mol. The van der Waals surface area contributed by atoms with Crippen molar-refractivity contribution in [3.63, 3.8) is 0 Å². The van der Waals surface area contributed by atoms with Crippen molar-refractivity contribution in [3.05, 3.63) is 0 Å².